The highest BCUT2D eigenvalue weighted by Gasteiger charge is 2.08. The van der Waals surface area contributed by atoms with Crippen molar-refractivity contribution in [3.05, 3.63) is 70.2 Å². The van der Waals surface area contributed by atoms with Crippen molar-refractivity contribution in [3.8, 4) is 11.5 Å². The highest BCUT2D eigenvalue weighted by atomic mass is 127. The Bertz CT molecular complexity index is 965. The van der Waals surface area contributed by atoms with Gasteiger partial charge in [-0.25, -0.2) is 9.37 Å². The number of nitrogens with zero attached hydrogens (tertiary/aromatic N) is 3. The van der Waals surface area contributed by atoms with E-state index in [2.05, 4.69) is 44.8 Å². The third-order valence-corrected chi connectivity index (χ3v) is 4.98. The zero-order valence-electron chi connectivity index (χ0n) is 17.1. The van der Waals surface area contributed by atoms with Crippen molar-refractivity contribution in [3.63, 3.8) is 0 Å². The Morgan fingerprint density at radius 3 is 2.67 bits per heavy atom. The van der Waals surface area contributed by atoms with Crippen LogP contribution in [0.4, 0.5) is 4.39 Å². The van der Waals surface area contributed by atoms with E-state index in [0.29, 0.717) is 30.7 Å². The minimum absolute atomic E-state index is 0. The molecule has 0 radical (unpaired) electrons. The Balaban J connectivity index is 0.00000320. The monoisotopic (exact) mass is 541 g/mol. The summed E-state index contributed by atoms with van der Waals surface area (Å²) in [5.74, 6) is 1.26. The molecule has 0 aliphatic carbocycles. The fourth-order valence-electron chi connectivity index (χ4n) is 2.51. The Hall–Kier alpha value is -2.27. The van der Waals surface area contributed by atoms with Gasteiger partial charge in [-0.1, -0.05) is 19.9 Å². The molecule has 3 rings (SSSR count). The number of nitrogens with one attached hydrogen (secondary N) is 2. The van der Waals surface area contributed by atoms with Gasteiger partial charge in [0.15, 0.2) is 17.5 Å². The lowest BCUT2D eigenvalue weighted by atomic mass is 10.2. The maximum atomic E-state index is 14.4. The van der Waals surface area contributed by atoms with Gasteiger partial charge in [0, 0.05) is 25.2 Å². The molecule has 6 nitrogen and oxygen atoms in total. The number of ether oxygens (including phenoxy) is 1. The van der Waals surface area contributed by atoms with E-state index in [0.717, 1.165) is 16.3 Å². The number of aromatic nitrogens is 2. The molecule has 160 valence electrons. The molecule has 0 aliphatic rings. The average Bonchev–Trinajstić information content (AvgIpc) is 3.20. The number of hydrogen-bond acceptors (Lipinski definition) is 5. The van der Waals surface area contributed by atoms with Crippen molar-refractivity contribution in [1.82, 2.24) is 20.6 Å². The van der Waals surface area contributed by atoms with E-state index < -0.39 is 5.82 Å². The van der Waals surface area contributed by atoms with E-state index in [4.69, 9.17) is 4.74 Å². The molecule has 30 heavy (non-hydrogen) atoms. The summed E-state index contributed by atoms with van der Waals surface area (Å²) in [4.78, 5) is 12.8. The first kappa shape index (κ1) is 24.0. The minimum atomic E-state index is -0.430. The quantitative estimate of drug-likeness (QED) is 0.248. The highest BCUT2D eigenvalue weighted by Crippen LogP contribution is 2.24. The summed E-state index contributed by atoms with van der Waals surface area (Å²) >= 11 is 1.62. The van der Waals surface area contributed by atoms with E-state index in [-0.39, 0.29) is 29.7 Å². The predicted octanol–water partition coefficient (Wildman–Crippen LogP) is 5.08. The van der Waals surface area contributed by atoms with Gasteiger partial charge in [-0.3, -0.25) is 9.98 Å². The molecule has 2 aromatic heterocycles. The van der Waals surface area contributed by atoms with Crippen LogP contribution in [0.5, 0.6) is 11.5 Å². The van der Waals surface area contributed by atoms with Crippen LogP contribution in [-0.4, -0.2) is 23.0 Å². The maximum absolute atomic E-state index is 14.4. The molecule has 1 aromatic carbocycles. The lowest BCUT2D eigenvalue weighted by molar-refractivity contribution is 0.440. The average molecular weight is 541 g/mol. The molecule has 2 N–H and O–H groups in total. The Labute approximate surface area is 197 Å². The molecule has 0 bridgehead atoms. The van der Waals surface area contributed by atoms with Gasteiger partial charge in [0.25, 0.3) is 0 Å². The van der Waals surface area contributed by atoms with Gasteiger partial charge < -0.3 is 15.4 Å². The zero-order chi connectivity index (χ0) is 20.6. The second-order valence-corrected chi connectivity index (χ2v) is 7.60. The van der Waals surface area contributed by atoms with Gasteiger partial charge in [0.1, 0.15) is 10.8 Å². The van der Waals surface area contributed by atoms with Crippen molar-refractivity contribution in [2.24, 2.45) is 4.99 Å². The number of halogens is 2. The van der Waals surface area contributed by atoms with E-state index in [1.807, 2.05) is 6.07 Å². The van der Waals surface area contributed by atoms with Crippen LogP contribution >= 0.6 is 35.3 Å². The van der Waals surface area contributed by atoms with Crippen LogP contribution in [0, 0.1) is 5.82 Å². The summed E-state index contributed by atoms with van der Waals surface area (Å²) in [5.41, 5.74) is 1.87. The lowest BCUT2D eigenvalue weighted by Crippen LogP contribution is -2.36. The molecule has 0 unspecified atom stereocenters. The molecule has 0 amide bonds. The molecule has 0 saturated carbocycles. The fraction of sp³-hybridized carbons (Fsp3) is 0.286. The van der Waals surface area contributed by atoms with Crippen LogP contribution in [0.15, 0.2) is 53.1 Å². The molecule has 0 saturated heterocycles. The van der Waals surface area contributed by atoms with Crippen LogP contribution in [-0.2, 0) is 13.1 Å². The molecule has 3 aromatic rings. The van der Waals surface area contributed by atoms with Crippen molar-refractivity contribution in [2.75, 3.05) is 7.05 Å². The van der Waals surface area contributed by atoms with Crippen molar-refractivity contribution in [2.45, 2.75) is 32.9 Å². The standard InChI is InChI=1S/C21H24FN5OS.HI/c1-14(2)18-13-29-20(27-18)12-26-21(23-3)25-10-15-6-7-19(17(22)9-15)28-16-5-4-8-24-11-16;/h4-9,11,13-14H,10,12H2,1-3H3,(H2,23,25,26);1H. The third kappa shape index (κ3) is 6.91. The molecular weight excluding hydrogens is 516 g/mol. The number of pyridine rings is 1. The van der Waals surface area contributed by atoms with Gasteiger partial charge in [-0.2, -0.15) is 0 Å². The first-order valence-electron chi connectivity index (χ1n) is 9.30. The number of guanidine groups is 1. The van der Waals surface area contributed by atoms with Gasteiger partial charge in [-0.15, -0.1) is 35.3 Å². The van der Waals surface area contributed by atoms with Gasteiger partial charge in [0.2, 0.25) is 0 Å². The summed E-state index contributed by atoms with van der Waals surface area (Å²) in [6.07, 6.45) is 3.17. The first-order valence-corrected chi connectivity index (χ1v) is 10.2. The van der Waals surface area contributed by atoms with Gasteiger partial charge in [0.05, 0.1) is 18.4 Å². The second-order valence-electron chi connectivity index (χ2n) is 6.66. The summed E-state index contributed by atoms with van der Waals surface area (Å²) in [5, 5.41) is 9.49. The number of rotatable bonds is 7. The van der Waals surface area contributed by atoms with E-state index in [1.54, 1.807) is 42.8 Å². The summed E-state index contributed by atoms with van der Waals surface area (Å²) in [6.45, 7) is 5.26. The minimum Gasteiger partial charge on any atom is -0.453 e. The third-order valence-electron chi connectivity index (χ3n) is 4.11. The van der Waals surface area contributed by atoms with Crippen LogP contribution in [0.2, 0.25) is 0 Å². The van der Waals surface area contributed by atoms with E-state index in [9.17, 15) is 4.39 Å². The van der Waals surface area contributed by atoms with Gasteiger partial charge >= 0.3 is 0 Å². The maximum Gasteiger partial charge on any atom is 0.191 e. The molecule has 0 aliphatic heterocycles. The predicted molar refractivity (Wildman–Crippen MR) is 129 cm³/mol. The number of thiazole rings is 1. The molecule has 9 heteroatoms. The Morgan fingerprint density at radius 1 is 1.23 bits per heavy atom. The molecule has 0 atom stereocenters. The second kappa shape index (κ2) is 11.8. The molecule has 2 heterocycles. The summed E-state index contributed by atoms with van der Waals surface area (Å²) < 4.78 is 19.9. The van der Waals surface area contributed by atoms with Crippen molar-refractivity contribution >= 4 is 41.3 Å². The highest BCUT2D eigenvalue weighted by molar-refractivity contribution is 14.0. The van der Waals surface area contributed by atoms with Gasteiger partial charge in [-0.05, 0) is 35.7 Å². The number of hydrogen-bond donors (Lipinski definition) is 2. The van der Waals surface area contributed by atoms with Crippen molar-refractivity contribution in [1.29, 1.82) is 0 Å². The molecular formula is C21H25FIN5OS. The van der Waals surface area contributed by atoms with E-state index in [1.165, 1.54) is 12.3 Å². The Morgan fingerprint density at radius 2 is 2.03 bits per heavy atom. The zero-order valence-corrected chi connectivity index (χ0v) is 20.2. The fourth-order valence-corrected chi connectivity index (χ4v) is 3.40. The largest absolute Gasteiger partial charge is 0.453 e. The normalized spacial score (nSPS) is 11.2. The first-order chi connectivity index (χ1) is 14.0. The number of benzene rings is 1. The van der Waals surface area contributed by atoms with Crippen LogP contribution in [0.1, 0.15) is 36.0 Å². The number of aliphatic imine (C=N–C) groups is 1. The van der Waals surface area contributed by atoms with E-state index >= 15 is 0 Å². The van der Waals surface area contributed by atoms with Crippen LogP contribution in [0.3, 0.4) is 0 Å². The topological polar surface area (TPSA) is 71.4 Å². The Kier molecular flexibility index (Phi) is 9.44. The summed E-state index contributed by atoms with van der Waals surface area (Å²) in [7, 11) is 1.70. The lowest BCUT2D eigenvalue weighted by Gasteiger charge is -2.12. The van der Waals surface area contributed by atoms with Crippen molar-refractivity contribution < 1.29 is 9.13 Å². The smallest absolute Gasteiger partial charge is 0.191 e. The molecule has 0 spiro atoms. The molecule has 0 fully saturated rings. The van der Waals surface area contributed by atoms with Crippen LogP contribution in [0.25, 0.3) is 0 Å². The summed E-state index contributed by atoms with van der Waals surface area (Å²) in [6, 6.07) is 8.33. The SMILES string of the molecule is CN=C(NCc1ccc(Oc2cccnc2)c(F)c1)NCc1nc(C(C)C)cs1.I. The van der Waals surface area contributed by atoms with Crippen LogP contribution < -0.4 is 15.4 Å².